The summed E-state index contributed by atoms with van der Waals surface area (Å²) in [7, 11) is 0. The van der Waals surface area contributed by atoms with Crippen molar-refractivity contribution in [1.82, 2.24) is 15.0 Å². The van der Waals surface area contributed by atoms with Crippen molar-refractivity contribution in [2.75, 3.05) is 5.32 Å². The molecule has 1 aromatic carbocycles. The summed E-state index contributed by atoms with van der Waals surface area (Å²) in [6.07, 6.45) is 3.22. The van der Waals surface area contributed by atoms with E-state index in [1.54, 1.807) is 6.20 Å². The molecule has 0 aliphatic carbocycles. The molecule has 1 N–H and O–H groups in total. The van der Waals surface area contributed by atoms with Gasteiger partial charge in [0, 0.05) is 6.20 Å². The van der Waals surface area contributed by atoms with E-state index in [9.17, 15) is 0 Å². The fourth-order valence-electron chi connectivity index (χ4n) is 1.54. The second-order valence-corrected chi connectivity index (χ2v) is 3.54. The zero-order chi connectivity index (χ0) is 11.5. The summed E-state index contributed by atoms with van der Waals surface area (Å²) in [5.41, 5.74) is 2.51. The third-order valence-corrected chi connectivity index (χ3v) is 2.36. The molecule has 0 saturated heterocycles. The van der Waals surface area contributed by atoms with Crippen molar-refractivity contribution >= 4 is 17.1 Å². The number of hydrogen-bond acceptors (Lipinski definition) is 5. The molecular formula is C12H10N4O. The molecule has 0 amide bonds. The van der Waals surface area contributed by atoms with E-state index < -0.39 is 0 Å². The van der Waals surface area contributed by atoms with Crippen LogP contribution >= 0.6 is 0 Å². The minimum atomic E-state index is 0.504. The Kier molecular flexibility index (Phi) is 2.42. The number of aromatic nitrogens is 3. The van der Waals surface area contributed by atoms with E-state index in [0.717, 1.165) is 16.8 Å². The largest absolute Gasteiger partial charge is 0.424 e. The molecule has 2 aromatic heterocycles. The molecule has 0 fully saturated rings. The fraction of sp³-hybridized carbons (Fsp3) is 0.0833. The van der Waals surface area contributed by atoms with Crippen molar-refractivity contribution in [2.45, 2.75) is 6.54 Å². The van der Waals surface area contributed by atoms with E-state index in [2.05, 4.69) is 20.3 Å². The topological polar surface area (TPSA) is 63.8 Å². The van der Waals surface area contributed by atoms with E-state index in [0.29, 0.717) is 12.6 Å². The lowest BCUT2D eigenvalue weighted by Gasteiger charge is -1.99. The molecular weight excluding hydrogens is 216 g/mol. The molecule has 5 heteroatoms. The van der Waals surface area contributed by atoms with Crippen LogP contribution in [0.15, 0.2) is 47.3 Å². The summed E-state index contributed by atoms with van der Waals surface area (Å²) in [5, 5.41) is 3.08. The molecule has 3 rings (SSSR count). The van der Waals surface area contributed by atoms with Gasteiger partial charge in [-0.3, -0.25) is 0 Å². The first-order valence-electron chi connectivity index (χ1n) is 5.26. The zero-order valence-corrected chi connectivity index (χ0v) is 9.00. The van der Waals surface area contributed by atoms with Gasteiger partial charge in [-0.05, 0) is 18.2 Å². The molecule has 0 radical (unpaired) electrons. The molecule has 84 valence electrons. The predicted octanol–water partition coefficient (Wildman–Crippen LogP) is 2.23. The number of fused-ring (bicyclic) bond motifs is 1. The smallest absolute Gasteiger partial charge is 0.296 e. The Labute approximate surface area is 97.5 Å². The minimum Gasteiger partial charge on any atom is -0.424 e. The lowest BCUT2D eigenvalue weighted by Crippen LogP contribution is -2.01. The maximum atomic E-state index is 5.52. The minimum absolute atomic E-state index is 0.504. The normalized spacial score (nSPS) is 10.6. The first-order chi connectivity index (χ1) is 8.42. The van der Waals surface area contributed by atoms with Crippen molar-refractivity contribution in [1.29, 1.82) is 0 Å². The van der Waals surface area contributed by atoms with Gasteiger partial charge in [-0.25, -0.2) is 9.97 Å². The molecule has 0 saturated carbocycles. The lowest BCUT2D eigenvalue weighted by atomic mass is 10.3. The predicted molar refractivity (Wildman–Crippen MR) is 63.4 cm³/mol. The molecule has 0 bridgehead atoms. The molecule has 0 aliphatic rings. The second kappa shape index (κ2) is 4.21. The molecule has 5 nitrogen and oxygen atoms in total. The first kappa shape index (κ1) is 9.77. The average Bonchev–Trinajstić information content (AvgIpc) is 2.80. The van der Waals surface area contributed by atoms with Gasteiger partial charge in [-0.2, -0.15) is 4.98 Å². The second-order valence-electron chi connectivity index (χ2n) is 3.54. The van der Waals surface area contributed by atoms with Crippen molar-refractivity contribution < 1.29 is 4.42 Å². The van der Waals surface area contributed by atoms with Crippen molar-refractivity contribution in [3.05, 3.63) is 48.5 Å². The Balaban J connectivity index is 1.77. The highest BCUT2D eigenvalue weighted by Gasteiger charge is 2.04. The Morgan fingerprint density at radius 2 is 2.12 bits per heavy atom. The number of benzene rings is 1. The summed E-state index contributed by atoms with van der Waals surface area (Å²) in [5.74, 6) is 0. The highest BCUT2D eigenvalue weighted by atomic mass is 16.4. The Morgan fingerprint density at radius 1 is 1.18 bits per heavy atom. The quantitative estimate of drug-likeness (QED) is 0.741. The van der Waals surface area contributed by atoms with Crippen LogP contribution in [-0.2, 0) is 6.54 Å². The van der Waals surface area contributed by atoms with Gasteiger partial charge >= 0.3 is 0 Å². The number of nitrogens with one attached hydrogen (secondary N) is 1. The van der Waals surface area contributed by atoms with E-state index in [4.69, 9.17) is 4.42 Å². The fourth-order valence-corrected chi connectivity index (χ4v) is 1.54. The van der Waals surface area contributed by atoms with Crippen LogP contribution < -0.4 is 5.32 Å². The van der Waals surface area contributed by atoms with Gasteiger partial charge in [-0.1, -0.05) is 12.1 Å². The van der Waals surface area contributed by atoms with Crippen LogP contribution in [0.4, 0.5) is 6.01 Å². The molecule has 0 atom stereocenters. The van der Waals surface area contributed by atoms with Gasteiger partial charge in [0.05, 0.1) is 12.2 Å². The van der Waals surface area contributed by atoms with Crippen LogP contribution in [0.2, 0.25) is 0 Å². The van der Waals surface area contributed by atoms with E-state index in [-0.39, 0.29) is 0 Å². The molecule has 0 spiro atoms. The Bertz CT molecular complexity index is 587. The Hall–Kier alpha value is -2.43. The first-order valence-corrected chi connectivity index (χ1v) is 5.26. The van der Waals surface area contributed by atoms with Gasteiger partial charge < -0.3 is 9.73 Å². The maximum absolute atomic E-state index is 5.52. The third kappa shape index (κ3) is 2.08. The summed E-state index contributed by atoms with van der Waals surface area (Å²) in [6, 6.07) is 9.99. The number of nitrogens with zero attached hydrogens (tertiary/aromatic N) is 3. The standard InChI is InChI=1S/C12H10N4O/c1-2-4-11-10(3-1)16-12(17-11)14-7-9-5-6-13-8-15-9/h1-6,8H,7H2,(H,14,16). The molecule has 0 aliphatic heterocycles. The van der Waals surface area contributed by atoms with Gasteiger partial charge in [0.15, 0.2) is 5.58 Å². The summed E-state index contributed by atoms with van der Waals surface area (Å²) < 4.78 is 5.52. The SMILES string of the molecule is c1ccc2oc(NCc3ccncn3)nc2c1. The molecule has 3 aromatic rings. The number of rotatable bonds is 3. The summed E-state index contributed by atoms with van der Waals surface area (Å²) in [4.78, 5) is 12.3. The number of hydrogen-bond donors (Lipinski definition) is 1. The van der Waals surface area contributed by atoms with Gasteiger partial charge in [0.2, 0.25) is 0 Å². The number of para-hydroxylation sites is 2. The van der Waals surface area contributed by atoms with E-state index in [1.165, 1.54) is 6.33 Å². The highest BCUT2D eigenvalue weighted by molar-refractivity contribution is 5.74. The van der Waals surface area contributed by atoms with Crippen LogP contribution in [0.25, 0.3) is 11.1 Å². The molecule has 0 unspecified atom stereocenters. The summed E-state index contributed by atoms with van der Waals surface area (Å²) >= 11 is 0. The van der Waals surface area contributed by atoms with E-state index >= 15 is 0 Å². The van der Waals surface area contributed by atoms with Crippen molar-refractivity contribution in [2.24, 2.45) is 0 Å². The highest BCUT2D eigenvalue weighted by Crippen LogP contribution is 2.18. The Morgan fingerprint density at radius 3 is 2.94 bits per heavy atom. The van der Waals surface area contributed by atoms with Crippen LogP contribution in [0.5, 0.6) is 0 Å². The number of oxazole rings is 1. The summed E-state index contributed by atoms with van der Waals surface area (Å²) in [6.45, 7) is 0.565. The zero-order valence-electron chi connectivity index (χ0n) is 9.00. The van der Waals surface area contributed by atoms with Gasteiger partial charge in [-0.15, -0.1) is 0 Å². The maximum Gasteiger partial charge on any atom is 0.296 e. The van der Waals surface area contributed by atoms with Crippen molar-refractivity contribution in [3.63, 3.8) is 0 Å². The molecule has 2 heterocycles. The lowest BCUT2D eigenvalue weighted by molar-refractivity contribution is 0.613. The number of anilines is 1. The van der Waals surface area contributed by atoms with Crippen LogP contribution in [0.1, 0.15) is 5.69 Å². The molecule has 17 heavy (non-hydrogen) atoms. The van der Waals surface area contributed by atoms with Crippen molar-refractivity contribution in [3.8, 4) is 0 Å². The van der Waals surface area contributed by atoms with E-state index in [1.807, 2.05) is 30.3 Å². The van der Waals surface area contributed by atoms with Crippen LogP contribution in [-0.4, -0.2) is 15.0 Å². The average molecular weight is 226 g/mol. The van der Waals surface area contributed by atoms with Gasteiger partial charge in [0.1, 0.15) is 11.8 Å². The monoisotopic (exact) mass is 226 g/mol. The van der Waals surface area contributed by atoms with Crippen LogP contribution in [0, 0.1) is 0 Å². The van der Waals surface area contributed by atoms with Gasteiger partial charge in [0.25, 0.3) is 6.01 Å². The third-order valence-electron chi connectivity index (χ3n) is 2.36. The van der Waals surface area contributed by atoms with Crippen LogP contribution in [0.3, 0.4) is 0 Å².